The van der Waals surface area contributed by atoms with Gasteiger partial charge in [0.1, 0.15) is 11.6 Å². The third-order valence-corrected chi connectivity index (χ3v) is 4.64. The molecular weight excluding hydrogens is 425 g/mol. The maximum atomic E-state index is 13.0. The lowest BCUT2D eigenvalue weighted by atomic mass is 10.2. The topological polar surface area (TPSA) is 96.5 Å². The van der Waals surface area contributed by atoms with Gasteiger partial charge in [-0.2, -0.15) is 0 Å². The molecule has 0 bridgehead atoms. The van der Waals surface area contributed by atoms with Crippen LogP contribution in [0, 0.1) is 5.82 Å². The van der Waals surface area contributed by atoms with Crippen LogP contribution in [0.3, 0.4) is 0 Å². The fourth-order valence-corrected chi connectivity index (χ4v) is 2.87. The normalized spacial score (nSPS) is 11.2. The third kappa shape index (κ3) is 7.17. The molecule has 33 heavy (non-hydrogen) atoms. The second-order valence-electron chi connectivity index (χ2n) is 7.16. The third-order valence-electron chi connectivity index (χ3n) is 4.64. The largest absolute Gasteiger partial charge is 0.481 e. The number of amides is 3. The summed E-state index contributed by atoms with van der Waals surface area (Å²) >= 11 is 0. The predicted octanol–water partition coefficient (Wildman–Crippen LogP) is 3.39. The molecule has 0 radical (unpaired) electrons. The van der Waals surface area contributed by atoms with Crippen molar-refractivity contribution in [1.82, 2.24) is 10.6 Å². The Morgan fingerprint density at radius 3 is 1.91 bits per heavy atom. The van der Waals surface area contributed by atoms with E-state index in [4.69, 9.17) is 4.74 Å². The van der Waals surface area contributed by atoms with E-state index in [9.17, 15) is 18.8 Å². The van der Waals surface area contributed by atoms with Crippen LogP contribution in [0.5, 0.6) is 5.75 Å². The molecular formula is C25H24FN3O4. The Bertz CT molecular complexity index is 1090. The van der Waals surface area contributed by atoms with Crippen LogP contribution in [0.25, 0.3) is 0 Å². The van der Waals surface area contributed by atoms with E-state index in [0.29, 0.717) is 29.1 Å². The van der Waals surface area contributed by atoms with E-state index in [1.54, 1.807) is 55.5 Å². The number of carbonyl (C=O) groups excluding carboxylic acids is 3. The summed E-state index contributed by atoms with van der Waals surface area (Å²) in [6.45, 7) is 2.14. The monoisotopic (exact) mass is 449 g/mol. The van der Waals surface area contributed by atoms with Crippen molar-refractivity contribution in [3.8, 4) is 5.75 Å². The first-order valence-electron chi connectivity index (χ1n) is 10.4. The van der Waals surface area contributed by atoms with Gasteiger partial charge in [0.2, 0.25) is 0 Å². The Morgan fingerprint density at radius 2 is 1.33 bits per heavy atom. The molecule has 3 aromatic carbocycles. The lowest BCUT2D eigenvalue weighted by molar-refractivity contribution is -0.122. The molecule has 0 aliphatic rings. The van der Waals surface area contributed by atoms with E-state index in [-0.39, 0.29) is 30.1 Å². The molecule has 0 fully saturated rings. The lowest BCUT2D eigenvalue weighted by Gasteiger charge is -2.15. The van der Waals surface area contributed by atoms with Crippen molar-refractivity contribution in [1.29, 1.82) is 0 Å². The van der Waals surface area contributed by atoms with Crippen LogP contribution in [-0.4, -0.2) is 36.9 Å². The van der Waals surface area contributed by atoms with E-state index in [1.165, 1.54) is 24.3 Å². The first kappa shape index (κ1) is 23.5. The summed E-state index contributed by atoms with van der Waals surface area (Å²) in [4.78, 5) is 36.5. The average molecular weight is 449 g/mol. The van der Waals surface area contributed by atoms with Gasteiger partial charge in [-0.25, -0.2) is 4.39 Å². The second kappa shape index (κ2) is 11.4. The standard InChI is InChI=1S/C25H24FN3O4/c1-17(33-22-13-9-20(26)10-14-22)23(30)29-21-11-7-19(8-12-21)25(32)28-16-15-27-24(31)18-5-3-2-4-6-18/h2-14,17H,15-16H2,1H3,(H,27,31)(H,28,32)(H,29,30). The minimum absolute atomic E-state index is 0.206. The number of hydrogen-bond donors (Lipinski definition) is 3. The number of ether oxygens (including phenoxy) is 1. The number of carbonyl (C=O) groups is 3. The SMILES string of the molecule is CC(Oc1ccc(F)cc1)C(=O)Nc1ccc(C(=O)NCCNC(=O)c2ccccc2)cc1. The smallest absolute Gasteiger partial charge is 0.265 e. The number of halogens is 1. The molecule has 170 valence electrons. The van der Waals surface area contributed by atoms with Gasteiger partial charge in [-0.1, -0.05) is 18.2 Å². The molecule has 7 nitrogen and oxygen atoms in total. The molecule has 0 aliphatic heterocycles. The first-order valence-corrected chi connectivity index (χ1v) is 10.4. The summed E-state index contributed by atoms with van der Waals surface area (Å²) in [5.74, 6) is -0.894. The van der Waals surface area contributed by atoms with Crippen molar-refractivity contribution in [3.63, 3.8) is 0 Å². The highest BCUT2D eigenvalue weighted by Gasteiger charge is 2.15. The number of nitrogens with one attached hydrogen (secondary N) is 3. The molecule has 0 saturated heterocycles. The molecule has 0 spiro atoms. The summed E-state index contributed by atoms with van der Waals surface area (Å²) in [5.41, 5.74) is 1.47. The van der Waals surface area contributed by atoms with Crippen molar-refractivity contribution in [2.75, 3.05) is 18.4 Å². The van der Waals surface area contributed by atoms with Crippen LogP contribution >= 0.6 is 0 Å². The van der Waals surface area contributed by atoms with Gasteiger partial charge in [-0.15, -0.1) is 0 Å². The van der Waals surface area contributed by atoms with Gasteiger partial charge >= 0.3 is 0 Å². The van der Waals surface area contributed by atoms with E-state index in [1.807, 2.05) is 6.07 Å². The van der Waals surface area contributed by atoms with Gasteiger partial charge in [0.25, 0.3) is 17.7 Å². The minimum atomic E-state index is -0.801. The van der Waals surface area contributed by atoms with Crippen LogP contribution in [-0.2, 0) is 4.79 Å². The highest BCUT2D eigenvalue weighted by Crippen LogP contribution is 2.15. The van der Waals surface area contributed by atoms with Crippen LogP contribution in [0.15, 0.2) is 78.9 Å². The van der Waals surface area contributed by atoms with E-state index < -0.39 is 6.10 Å². The minimum Gasteiger partial charge on any atom is -0.481 e. The second-order valence-corrected chi connectivity index (χ2v) is 7.16. The van der Waals surface area contributed by atoms with Crippen LogP contribution in [0.4, 0.5) is 10.1 Å². The molecule has 0 aromatic heterocycles. The first-order chi connectivity index (χ1) is 15.9. The zero-order chi connectivity index (χ0) is 23.6. The fourth-order valence-electron chi connectivity index (χ4n) is 2.87. The van der Waals surface area contributed by atoms with Crippen molar-refractivity contribution in [2.45, 2.75) is 13.0 Å². The van der Waals surface area contributed by atoms with Crippen molar-refractivity contribution >= 4 is 23.4 Å². The van der Waals surface area contributed by atoms with Gasteiger partial charge in [0, 0.05) is 29.9 Å². The molecule has 3 rings (SSSR count). The van der Waals surface area contributed by atoms with Crippen LogP contribution in [0.2, 0.25) is 0 Å². The Labute approximate surface area is 191 Å². The van der Waals surface area contributed by atoms with Gasteiger partial charge in [-0.3, -0.25) is 14.4 Å². The molecule has 0 heterocycles. The van der Waals surface area contributed by atoms with Crippen molar-refractivity contribution < 1.29 is 23.5 Å². The molecule has 8 heteroatoms. The molecule has 3 N–H and O–H groups in total. The molecule has 1 unspecified atom stereocenters. The van der Waals surface area contributed by atoms with Gasteiger partial charge in [-0.05, 0) is 67.6 Å². The molecule has 3 amide bonds. The zero-order valence-corrected chi connectivity index (χ0v) is 18.0. The average Bonchev–Trinajstić information content (AvgIpc) is 2.84. The zero-order valence-electron chi connectivity index (χ0n) is 18.0. The molecule has 0 saturated carbocycles. The molecule has 0 aliphatic carbocycles. The Morgan fingerprint density at radius 1 is 0.788 bits per heavy atom. The summed E-state index contributed by atoms with van der Waals surface area (Å²) in [6, 6.07) is 20.6. The van der Waals surface area contributed by atoms with Crippen molar-refractivity contribution in [3.05, 3.63) is 95.8 Å². The number of anilines is 1. The molecule has 3 aromatic rings. The summed E-state index contributed by atoms with van der Waals surface area (Å²) in [5, 5.41) is 8.17. The Balaban J connectivity index is 1.42. The number of benzene rings is 3. The maximum Gasteiger partial charge on any atom is 0.265 e. The van der Waals surface area contributed by atoms with Gasteiger partial charge in [0.15, 0.2) is 6.10 Å². The van der Waals surface area contributed by atoms with E-state index in [2.05, 4.69) is 16.0 Å². The Hall–Kier alpha value is -4.20. The molecule has 1 atom stereocenters. The lowest BCUT2D eigenvalue weighted by Crippen LogP contribution is -2.34. The highest BCUT2D eigenvalue weighted by molar-refractivity contribution is 5.97. The van der Waals surface area contributed by atoms with Gasteiger partial charge in [0.05, 0.1) is 0 Å². The summed E-state index contributed by atoms with van der Waals surface area (Å²) < 4.78 is 18.5. The highest BCUT2D eigenvalue weighted by atomic mass is 19.1. The maximum absolute atomic E-state index is 13.0. The van der Waals surface area contributed by atoms with E-state index in [0.717, 1.165) is 0 Å². The van der Waals surface area contributed by atoms with Crippen molar-refractivity contribution in [2.24, 2.45) is 0 Å². The van der Waals surface area contributed by atoms with Gasteiger partial charge < -0.3 is 20.7 Å². The Kier molecular flexibility index (Phi) is 8.13. The predicted molar refractivity (Wildman–Crippen MR) is 123 cm³/mol. The fraction of sp³-hybridized carbons (Fsp3) is 0.160. The number of hydrogen-bond acceptors (Lipinski definition) is 4. The summed E-state index contributed by atoms with van der Waals surface area (Å²) in [6.07, 6.45) is -0.801. The summed E-state index contributed by atoms with van der Waals surface area (Å²) in [7, 11) is 0. The number of rotatable bonds is 9. The van der Waals surface area contributed by atoms with E-state index >= 15 is 0 Å². The van der Waals surface area contributed by atoms with Crippen LogP contribution in [0.1, 0.15) is 27.6 Å². The van der Waals surface area contributed by atoms with Crippen LogP contribution < -0.4 is 20.7 Å². The quantitative estimate of drug-likeness (QED) is 0.436.